The molecule has 240 valence electrons. The number of unbranched alkanes of at least 4 members (excludes halogenated alkanes) is 27. The van der Waals surface area contributed by atoms with E-state index in [-0.39, 0.29) is 25.8 Å². The Morgan fingerprint density at radius 1 is 0.225 bits per heavy atom. The van der Waals surface area contributed by atoms with Gasteiger partial charge in [-0.15, -0.1) is 0 Å². The third-order valence-corrected chi connectivity index (χ3v) is 8.36. The van der Waals surface area contributed by atoms with Crippen molar-refractivity contribution < 1.29 is 0 Å². The van der Waals surface area contributed by atoms with Gasteiger partial charge in [-0.2, -0.15) is 17.3 Å². The fraction of sp³-hybridized carbons (Fsp3) is 1.00. The van der Waals surface area contributed by atoms with Crippen LogP contribution in [0.3, 0.4) is 0 Å². The van der Waals surface area contributed by atoms with Gasteiger partial charge in [-0.25, -0.2) is 0 Å². The zero-order valence-electron chi connectivity index (χ0n) is 28.1. The zero-order chi connectivity index (χ0) is 29.3. The largest absolute Gasteiger partial charge is 3.00 e. The van der Waals surface area contributed by atoms with Gasteiger partial charge >= 0.3 is 25.8 Å². The molecule has 0 aliphatic carbocycles. The predicted molar refractivity (Wildman–Crippen MR) is 198 cm³/mol. The van der Waals surface area contributed by atoms with Crippen LogP contribution >= 0.6 is 0 Å². The Kier molecular flexibility index (Phi) is 65.3. The van der Waals surface area contributed by atoms with Crippen LogP contribution in [0.5, 0.6) is 0 Å². The van der Waals surface area contributed by atoms with Crippen molar-refractivity contribution in [3.63, 3.8) is 0 Å². The summed E-state index contributed by atoms with van der Waals surface area (Å²) in [7, 11) is 0. The van der Waals surface area contributed by atoms with Crippen molar-refractivity contribution in [2.24, 2.45) is 0 Å². The molecule has 0 spiro atoms. The number of hydrogen-bond acceptors (Lipinski definition) is 3. The van der Waals surface area contributed by atoms with Crippen LogP contribution in [-0.4, -0.2) is 43.1 Å². The summed E-state index contributed by atoms with van der Waals surface area (Å²) >= 11 is 14.7. The van der Waals surface area contributed by atoms with Crippen LogP contribution in [0.4, 0.5) is 0 Å². The first kappa shape index (κ1) is 48.8. The Hall–Kier alpha value is 1.92. The van der Waals surface area contributed by atoms with Gasteiger partial charge in [0.25, 0.3) is 0 Å². The maximum atomic E-state index is 4.90. The van der Waals surface area contributed by atoms with Crippen molar-refractivity contribution in [1.29, 1.82) is 0 Å². The van der Waals surface area contributed by atoms with Gasteiger partial charge in [0.2, 0.25) is 0 Å². The van der Waals surface area contributed by atoms with Crippen molar-refractivity contribution in [3.05, 3.63) is 0 Å². The minimum absolute atomic E-state index is 0. The SMILES string of the molecule is CCCCCCCCCCCC[S-].CCCCCCCCCCCC[S-].CCCCCCCCCCCC[S-].[In+3]. The van der Waals surface area contributed by atoms with E-state index in [2.05, 4.69) is 20.8 Å². The molecule has 0 aromatic rings. The van der Waals surface area contributed by atoms with Crippen LogP contribution in [0, 0.1) is 0 Å². The second kappa shape index (κ2) is 53.5. The van der Waals surface area contributed by atoms with Crippen LogP contribution in [0.2, 0.25) is 0 Å². The molecule has 0 aliphatic heterocycles. The standard InChI is InChI=1S/3C12H26S.In/c3*1-2-3-4-5-6-7-8-9-10-11-12-13;/h3*13H,2-12H2,1H3;/q;;;+3/p-3. The Morgan fingerprint density at radius 2 is 0.350 bits per heavy atom. The molecule has 0 aliphatic rings. The molecule has 0 atom stereocenters. The van der Waals surface area contributed by atoms with Gasteiger partial charge < -0.3 is 37.9 Å². The summed E-state index contributed by atoms with van der Waals surface area (Å²) in [5.41, 5.74) is 0. The molecule has 0 nitrogen and oxygen atoms in total. The fourth-order valence-electron chi connectivity index (χ4n) is 4.77. The summed E-state index contributed by atoms with van der Waals surface area (Å²) in [5.74, 6) is 2.86. The van der Waals surface area contributed by atoms with Crippen LogP contribution in [0.15, 0.2) is 0 Å². The second-order valence-electron chi connectivity index (χ2n) is 11.7. The third-order valence-electron chi connectivity index (χ3n) is 7.49. The predicted octanol–water partition coefficient (Wildman–Crippen LogP) is 13.0. The zero-order valence-corrected chi connectivity index (χ0v) is 33.9. The first-order valence-electron chi connectivity index (χ1n) is 18.0. The fourth-order valence-corrected chi connectivity index (χ4v) is 5.38. The first-order valence-corrected chi connectivity index (χ1v) is 19.7. The number of rotatable bonds is 30. The van der Waals surface area contributed by atoms with Crippen LogP contribution in [0.25, 0.3) is 0 Å². The summed E-state index contributed by atoms with van der Waals surface area (Å²) in [4.78, 5) is 0. The van der Waals surface area contributed by atoms with E-state index in [9.17, 15) is 0 Å². The van der Waals surface area contributed by atoms with Gasteiger partial charge in [0, 0.05) is 0 Å². The van der Waals surface area contributed by atoms with E-state index in [1.165, 1.54) is 193 Å². The van der Waals surface area contributed by atoms with Gasteiger partial charge in [0.05, 0.1) is 0 Å². The molecule has 0 fully saturated rings. The number of hydrogen-bond donors (Lipinski definition) is 0. The molecular weight excluding hydrogens is 643 g/mol. The third kappa shape index (κ3) is 59.3. The minimum atomic E-state index is 0. The Labute approximate surface area is 292 Å². The molecule has 40 heavy (non-hydrogen) atoms. The van der Waals surface area contributed by atoms with Gasteiger partial charge in [-0.05, 0) is 0 Å². The van der Waals surface area contributed by atoms with E-state index in [0.29, 0.717) is 0 Å². The van der Waals surface area contributed by atoms with Crippen molar-refractivity contribution in [2.75, 3.05) is 17.3 Å². The smallest absolute Gasteiger partial charge is 0.793 e. The van der Waals surface area contributed by atoms with E-state index < -0.39 is 0 Å². The van der Waals surface area contributed by atoms with Crippen LogP contribution in [-0.2, 0) is 37.9 Å². The summed E-state index contributed by atoms with van der Waals surface area (Å²) in [5, 5.41) is 0. The second-order valence-corrected chi connectivity index (χ2v) is 12.9. The Bertz CT molecular complexity index is 273. The summed E-state index contributed by atoms with van der Waals surface area (Å²) < 4.78 is 0. The van der Waals surface area contributed by atoms with Gasteiger partial charge in [0.1, 0.15) is 0 Å². The molecule has 0 saturated carbocycles. The quantitative estimate of drug-likeness (QED) is 0.0536. The van der Waals surface area contributed by atoms with Gasteiger partial charge in [-0.3, -0.25) is 0 Å². The topological polar surface area (TPSA) is 0 Å². The Balaban J connectivity index is -0.000000240. The van der Waals surface area contributed by atoms with Crippen molar-refractivity contribution in [3.8, 4) is 0 Å². The van der Waals surface area contributed by atoms with Gasteiger partial charge in [-0.1, -0.05) is 213 Å². The maximum absolute atomic E-state index is 4.90. The monoisotopic (exact) mass is 718 g/mol. The molecule has 0 aromatic carbocycles. The van der Waals surface area contributed by atoms with E-state index in [1.807, 2.05) is 0 Å². The van der Waals surface area contributed by atoms with Crippen molar-refractivity contribution in [1.82, 2.24) is 0 Å². The van der Waals surface area contributed by atoms with Crippen LogP contribution < -0.4 is 0 Å². The minimum Gasteiger partial charge on any atom is -0.793 e. The average Bonchev–Trinajstić information content (AvgIpc) is 2.95. The average molecular weight is 719 g/mol. The van der Waals surface area contributed by atoms with E-state index in [0.717, 1.165) is 17.3 Å². The molecule has 0 rings (SSSR count). The molecule has 4 heteroatoms. The van der Waals surface area contributed by atoms with Crippen LogP contribution in [0.1, 0.15) is 213 Å². The van der Waals surface area contributed by atoms with E-state index in [4.69, 9.17) is 37.9 Å². The normalized spacial score (nSPS) is 10.3. The molecule has 0 unspecified atom stereocenters. The molecule has 0 heterocycles. The summed E-state index contributed by atoms with van der Waals surface area (Å²) in [6.45, 7) is 6.82. The molecule has 0 radical (unpaired) electrons. The first-order chi connectivity index (χ1) is 19.2. The molecular formula is C36H75InS3. The summed E-state index contributed by atoms with van der Waals surface area (Å²) in [6, 6.07) is 0. The molecule has 0 aromatic heterocycles. The van der Waals surface area contributed by atoms with Crippen molar-refractivity contribution in [2.45, 2.75) is 213 Å². The molecule has 0 amide bonds. The summed E-state index contributed by atoms with van der Waals surface area (Å²) in [6.07, 6.45) is 42.1. The van der Waals surface area contributed by atoms with E-state index >= 15 is 0 Å². The Morgan fingerprint density at radius 3 is 0.475 bits per heavy atom. The molecule has 0 N–H and O–H groups in total. The maximum Gasteiger partial charge on any atom is 3.00 e. The van der Waals surface area contributed by atoms with Gasteiger partial charge in [0.15, 0.2) is 0 Å². The van der Waals surface area contributed by atoms with E-state index in [1.54, 1.807) is 0 Å². The van der Waals surface area contributed by atoms with Crippen molar-refractivity contribution >= 4 is 63.7 Å². The molecule has 0 saturated heterocycles. The molecule has 0 bridgehead atoms.